The van der Waals surface area contributed by atoms with Crippen LogP contribution >= 0.6 is 0 Å². The van der Waals surface area contributed by atoms with Crippen molar-refractivity contribution in [3.63, 3.8) is 0 Å². The van der Waals surface area contributed by atoms with Crippen molar-refractivity contribution in [3.8, 4) is 0 Å². The number of nitrogens with one attached hydrogen (secondary N) is 2. The predicted molar refractivity (Wildman–Crippen MR) is 82.3 cm³/mol. The minimum Gasteiger partial charge on any atom is -0.385 e. The van der Waals surface area contributed by atoms with Crippen LogP contribution in [0, 0.1) is 12.7 Å². The molecule has 0 bridgehead atoms. The number of carbonyl (C=O) groups excluding carboxylic acids is 1. The number of halogens is 1. The number of aryl methyl sites for hydroxylation is 2. The number of benzene rings is 2. The molecule has 1 amide bonds. The van der Waals surface area contributed by atoms with E-state index in [4.69, 9.17) is 0 Å². The summed E-state index contributed by atoms with van der Waals surface area (Å²) < 4.78 is 13.1. The Bertz CT molecular complexity index is 697. The van der Waals surface area contributed by atoms with E-state index in [2.05, 4.69) is 10.6 Å². The molecule has 0 aliphatic carbocycles. The third-order valence-electron chi connectivity index (χ3n) is 3.74. The monoisotopic (exact) mass is 284 g/mol. The largest absolute Gasteiger partial charge is 0.385 e. The van der Waals surface area contributed by atoms with Gasteiger partial charge in [0.05, 0.1) is 0 Å². The van der Waals surface area contributed by atoms with Gasteiger partial charge in [-0.25, -0.2) is 4.39 Å². The molecule has 4 heteroatoms. The molecule has 0 radical (unpaired) electrons. The minimum absolute atomic E-state index is 0.219. The van der Waals surface area contributed by atoms with Gasteiger partial charge in [0.1, 0.15) is 5.82 Å². The van der Waals surface area contributed by atoms with Crippen LogP contribution in [0.5, 0.6) is 0 Å². The fourth-order valence-corrected chi connectivity index (χ4v) is 2.62. The number of hydrogen-bond donors (Lipinski definition) is 2. The SMILES string of the molecule is Cc1cc(F)ccc1C(=O)Nc1ccc2c(c1)NCCC2. The van der Waals surface area contributed by atoms with E-state index < -0.39 is 0 Å². The molecule has 0 saturated carbocycles. The van der Waals surface area contributed by atoms with Gasteiger partial charge < -0.3 is 10.6 Å². The van der Waals surface area contributed by atoms with Crippen molar-refractivity contribution in [2.24, 2.45) is 0 Å². The van der Waals surface area contributed by atoms with E-state index in [1.165, 1.54) is 23.8 Å². The van der Waals surface area contributed by atoms with E-state index in [0.717, 1.165) is 30.8 Å². The molecule has 3 nitrogen and oxygen atoms in total. The Labute approximate surface area is 123 Å². The van der Waals surface area contributed by atoms with Gasteiger partial charge in [-0.05, 0) is 61.2 Å². The Morgan fingerprint density at radius 1 is 1.24 bits per heavy atom. The molecule has 0 spiro atoms. The summed E-state index contributed by atoms with van der Waals surface area (Å²) in [5, 5.41) is 6.20. The third kappa shape index (κ3) is 2.89. The van der Waals surface area contributed by atoms with E-state index in [1.807, 2.05) is 18.2 Å². The third-order valence-corrected chi connectivity index (χ3v) is 3.74. The molecule has 0 saturated heterocycles. The number of carbonyl (C=O) groups is 1. The summed E-state index contributed by atoms with van der Waals surface area (Å²) in [6.07, 6.45) is 2.20. The van der Waals surface area contributed by atoms with Crippen molar-refractivity contribution in [1.82, 2.24) is 0 Å². The van der Waals surface area contributed by atoms with Crippen LogP contribution in [0.25, 0.3) is 0 Å². The Morgan fingerprint density at radius 3 is 2.90 bits per heavy atom. The fourth-order valence-electron chi connectivity index (χ4n) is 2.62. The number of amides is 1. The van der Waals surface area contributed by atoms with Crippen molar-refractivity contribution in [3.05, 3.63) is 58.9 Å². The average Bonchev–Trinajstić information content (AvgIpc) is 2.47. The maximum absolute atomic E-state index is 13.1. The second-order valence-corrected chi connectivity index (χ2v) is 5.32. The molecule has 0 aromatic heterocycles. The summed E-state index contributed by atoms with van der Waals surface area (Å²) in [5.41, 5.74) is 4.22. The first kappa shape index (κ1) is 13.6. The molecule has 0 unspecified atom stereocenters. The molecule has 108 valence electrons. The molecule has 1 heterocycles. The molecule has 3 rings (SSSR count). The molecule has 0 fully saturated rings. The molecule has 2 N–H and O–H groups in total. The highest BCUT2D eigenvalue weighted by Crippen LogP contribution is 2.25. The van der Waals surface area contributed by atoms with Crippen LogP contribution in [0.15, 0.2) is 36.4 Å². The lowest BCUT2D eigenvalue weighted by Gasteiger charge is -2.19. The van der Waals surface area contributed by atoms with Gasteiger partial charge >= 0.3 is 0 Å². The van der Waals surface area contributed by atoms with Crippen molar-refractivity contribution in [2.75, 3.05) is 17.2 Å². The molecular weight excluding hydrogens is 267 g/mol. The lowest BCUT2D eigenvalue weighted by molar-refractivity contribution is 0.102. The van der Waals surface area contributed by atoms with Gasteiger partial charge in [0.25, 0.3) is 5.91 Å². The van der Waals surface area contributed by atoms with Gasteiger partial charge in [0.15, 0.2) is 0 Å². The molecular formula is C17H17FN2O. The van der Waals surface area contributed by atoms with E-state index in [-0.39, 0.29) is 11.7 Å². The van der Waals surface area contributed by atoms with Crippen LogP contribution < -0.4 is 10.6 Å². The maximum Gasteiger partial charge on any atom is 0.255 e. The molecule has 0 atom stereocenters. The summed E-state index contributed by atoms with van der Waals surface area (Å²) in [7, 11) is 0. The summed E-state index contributed by atoms with van der Waals surface area (Å²) >= 11 is 0. The molecule has 21 heavy (non-hydrogen) atoms. The maximum atomic E-state index is 13.1. The van der Waals surface area contributed by atoms with Gasteiger partial charge in [0, 0.05) is 23.5 Å². The van der Waals surface area contributed by atoms with Crippen molar-refractivity contribution >= 4 is 17.3 Å². The van der Waals surface area contributed by atoms with Gasteiger partial charge in [-0.2, -0.15) is 0 Å². The Hall–Kier alpha value is -2.36. The lowest BCUT2D eigenvalue weighted by atomic mass is 10.0. The average molecular weight is 284 g/mol. The normalized spacial score (nSPS) is 13.2. The molecule has 2 aromatic rings. The van der Waals surface area contributed by atoms with Gasteiger partial charge in [-0.15, -0.1) is 0 Å². The highest BCUT2D eigenvalue weighted by Gasteiger charge is 2.12. The first-order chi connectivity index (χ1) is 10.1. The Balaban J connectivity index is 1.81. The highest BCUT2D eigenvalue weighted by molar-refractivity contribution is 6.05. The van der Waals surface area contributed by atoms with E-state index in [9.17, 15) is 9.18 Å². The zero-order valence-corrected chi connectivity index (χ0v) is 11.9. The second kappa shape index (κ2) is 5.56. The zero-order valence-electron chi connectivity index (χ0n) is 11.9. The molecule has 2 aromatic carbocycles. The topological polar surface area (TPSA) is 41.1 Å². The Morgan fingerprint density at radius 2 is 2.10 bits per heavy atom. The smallest absolute Gasteiger partial charge is 0.255 e. The standard InChI is InChI=1S/C17H17FN2O/c1-11-9-13(18)5-7-15(11)17(21)20-14-6-4-12-3-2-8-19-16(12)10-14/h4-7,9-10,19H,2-3,8H2,1H3,(H,20,21). The van der Waals surface area contributed by atoms with Crippen LogP contribution in [0.2, 0.25) is 0 Å². The van der Waals surface area contributed by atoms with Gasteiger partial charge in [0.2, 0.25) is 0 Å². The summed E-state index contributed by atoms with van der Waals surface area (Å²) in [6, 6.07) is 10.1. The van der Waals surface area contributed by atoms with Crippen molar-refractivity contribution in [1.29, 1.82) is 0 Å². The van der Waals surface area contributed by atoms with E-state index in [1.54, 1.807) is 6.92 Å². The number of rotatable bonds is 2. The van der Waals surface area contributed by atoms with Gasteiger partial charge in [-0.1, -0.05) is 6.07 Å². The Kier molecular flexibility index (Phi) is 3.60. The quantitative estimate of drug-likeness (QED) is 0.882. The van der Waals surface area contributed by atoms with Gasteiger partial charge in [-0.3, -0.25) is 4.79 Å². The van der Waals surface area contributed by atoms with Crippen molar-refractivity contribution in [2.45, 2.75) is 19.8 Å². The number of anilines is 2. The highest BCUT2D eigenvalue weighted by atomic mass is 19.1. The minimum atomic E-state index is -0.331. The van der Waals surface area contributed by atoms with Crippen LogP contribution in [0.3, 0.4) is 0 Å². The van der Waals surface area contributed by atoms with Crippen LogP contribution in [-0.2, 0) is 6.42 Å². The number of fused-ring (bicyclic) bond motifs is 1. The summed E-state index contributed by atoms with van der Waals surface area (Å²) in [6.45, 7) is 2.69. The fraction of sp³-hybridized carbons (Fsp3) is 0.235. The predicted octanol–water partition coefficient (Wildman–Crippen LogP) is 3.74. The first-order valence-corrected chi connectivity index (χ1v) is 7.08. The lowest BCUT2D eigenvalue weighted by Crippen LogP contribution is -2.15. The number of hydrogen-bond acceptors (Lipinski definition) is 2. The van der Waals surface area contributed by atoms with Crippen LogP contribution in [-0.4, -0.2) is 12.5 Å². The van der Waals surface area contributed by atoms with Crippen LogP contribution in [0.4, 0.5) is 15.8 Å². The van der Waals surface area contributed by atoms with Crippen molar-refractivity contribution < 1.29 is 9.18 Å². The van der Waals surface area contributed by atoms with E-state index >= 15 is 0 Å². The van der Waals surface area contributed by atoms with Crippen LogP contribution in [0.1, 0.15) is 27.9 Å². The molecule has 1 aliphatic heterocycles. The summed E-state index contributed by atoms with van der Waals surface area (Å²) in [4.78, 5) is 12.3. The van der Waals surface area contributed by atoms with E-state index in [0.29, 0.717) is 11.1 Å². The second-order valence-electron chi connectivity index (χ2n) is 5.32. The molecule has 1 aliphatic rings. The zero-order chi connectivity index (χ0) is 14.8. The first-order valence-electron chi connectivity index (χ1n) is 7.08. The summed E-state index contributed by atoms with van der Waals surface area (Å²) in [5.74, 6) is -0.551.